The molecule has 0 radical (unpaired) electrons. The molecule has 0 atom stereocenters. The Bertz CT molecular complexity index is 871. The molecule has 0 saturated carbocycles. The average molecular weight is 307 g/mol. The molecule has 23 heavy (non-hydrogen) atoms. The maximum atomic E-state index is 12.6. The molecule has 0 unspecified atom stereocenters. The van der Waals surface area contributed by atoms with E-state index in [-0.39, 0.29) is 5.91 Å². The van der Waals surface area contributed by atoms with Crippen LogP contribution in [0.4, 0.5) is 0 Å². The third-order valence-electron chi connectivity index (χ3n) is 3.97. The highest BCUT2D eigenvalue weighted by Crippen LogP contribution is 2.24. The van der Waals surface area contributed by atoms with E-state index in [9.17, 15) is 4.79 Å². The number of nitrogens with zero attached hydrogens (tertiary/aromatic N) is 2. The number of likely N-dealkylation sites (N-methyl/N-ethyl adjacent to an activating group) is 1. The number of nitrogens with one attached hydrogen (secondary N) is 1. The largest absolute Gasteiger partial charge is 0.351 e. The fourth-order valence-corrected chi connectivity index (χ4v) is 2.71. The Balaban J connectivity index is 2.05. The lowest BCUT2D eigenvalue weighted by molar-refractivity contribution is 0.0952. The summed E-state index contributed by atoms with van der Waals surface area (Å²) in [4.78, 5) is 19.4. The molecule has 118 valence electrons. The quantitative estimate of drug-likeness (QED) is 0.754. The molecule has 1 aromatic heterocycles. The van der Waals surface area contributed by atoms with Crippen molar-refractivity contribution in [3.8, 4) is 0 Å². The van der Waals surface area contributed by atoms with Crippen LogP contribution in [0.5, 0.6) is 0 Å². The normalized spacial score (nSPS) is 11.3. The molecule has 0 aliphatic carbocycles. The number of hydrogen-bond donors (Lipinski definition) is 1. The zero-order valence-corrected chi connectivity index (χ0v) is 13.8. The van der Waals surface area contributed by atoms with Crippen molar-refractivity contribution in [1.29, 1.82) is 0 Å². The number of carbonyl (C=O) groups is 1. The molecule has 2 aromatic carbocycles. The summed E-state index contributed by atoms with van der Waals surface area (Å²) >= 11 is 0. The Labute approximate surface area is 136 Å². The Morgan fingerprint density at radius 3 is 2.70 bits per heavy atom. The molecule has 0 aliphatic heterocycles. The first kappa shape index (κ1) is 15.4. The fraction of sp³-hybridized carbons (Fsp3) is 0.263. The van der Waals surface area contributed by atoms with E-state index in [1.165, 1.54) is 0 Å². The number of benzene rings is 2. The van der Waals surface area contributed by atoms with E-state index < -0.39 is 0 Å². The molecule has 0 spiro atoms. The molecular weight excluding hydrogens is 286 g/mol. The van der Waals surface area contributed by atoms with Crippen LogP contribution >= 0.6 is 0 Å². The van der Waals surface area contributed by atoms with Crippen molar-refractivity contribution in [1.82, 2.24) is 15.2 Å². The molecule has 1 heterocycles. The molecule has 0 bridgehead atoms. The first-order chi connectivity index (χ1) is 11.1. The minimum Gasteiger partial charge on any atom is -0.351 e. The second-order valence-corrected chi connectivity index (χ2v) is 6.07. The Morgan fingerprint density at radius 1 is 1.13 bits per heavy atom. The molecule has 1 N–H and O–H groups in total. The first-order valence-electron chi connectivity index (χ1n) is 7.78. The Kier molecular flexibility index (Phi) is 4.26. The van der Waals surface area contributed by atoms with Crippen LogP contribution in [-0.2, 0) is 0 Å². The summed E-state index contributed by atoms with van der Waals surface area (Å²) in [6.45, 7) is 3.39. The lowest BCUT2D eigenvalue weighted by Gasteiger charge is -2.13. The van der Waals surface area contributed by atoms with Gasteiger partial charge in [-0.1, -0.05) is 30.3 Å². The lowest BCUT2D eigenvalue weighted by Crippen LogP contribution is -2.31. The van der Waals surface area contributed by atoms with Gasteiger partial charge in [0.05, 0.1) is 16.6 Å². The van der Waals surface area contributed by atoms with E-state index in [2.05, 4.69) is 11.4 Å². The minimum atomic E-state index is -0.0577. The number of carbonyl (C=O) groups excluding carboxylic acids is 1. The summed E-state index contributed by atoms with van der Waals surface area (Å²) in [6, 6.07) is 14.1. The van der Waals surface area contributed by atoms with Crippen molar-refractivity contribution >= 4 is 27.7 Å². The number of aromatic nitrogens is 1. The number of fused-ring (bicyclic) bond motifs is 2. The van der Waals surface area contributed by atoms with E-state index >= 15 is 0 Å². The predicted molar refractivity (Wildman–Crippen MR) is 94.9 cm³/mol. The van der Waals surface area contributed by atoms with E-state index in [0.29, 0.717) is 12.1 Å². The summed E-state index contributed by atoms with van der Waals surface area (Å²) in [6.07, 6.45) is 0. The van der Waals surface area contributed by atoms with Gasteiger partial charge in [-0.05, 0) is 38.7 Å². The van der Waals surface area contributed by atoms with Gasteiger partial charge in [-0.25, -0.2) is 4.98 Å². The smallest absolute Gasteiger partial charge is 0.253 e. The molecule has 4 nitrogen and oxygen atoms in total. The van der Waals surface area contributed by atoms with Crippen molar-refractivity contribution < 1.29 is 4.79 Å². The zero-order chi connectivity index (χ0) is 16.4. The van der Waals surface area contributed by atoms with Crippen molar-refractivity contribution in [2.45, 2.75) is 6.92 Å². The molecule has 3 aromatic rings. The number of aryl methyl sites for hydroxylation is 1. The average Bonchev–Trinajstić information content (AvgIpc) is 2.52. The van der Waals surface area contributed by atoms with Gasteiger partial charge in [0.15, 0.2) is 0 Å². The van der Waals surface area contributed by atoms with Crippen molar-refractivity contribution in [3.63, 3.8) is 0 Å². The van der Waals surface area contributed by atoms with E-state index in [4.69, 9.17) is 4.98 Å². The molecule has 4 heteroatoms. The molecule has 0 aliphatic rings. The first-order valence-corrected chi connectivity index (χ1v) is 7.78. The SMILES string of the molecule is Cc1ccc2cc3ccccc3nc2c1C(=O)NCCN(C)C. The number of pyridine rings is 1. The second-order valence-electron chi connectivity index (χ2n) is 6.07. The lowest BCUT2D eigenvalue weighted by atomic mass is 10.0. The summed E-state index contributed by atoms with van der Waals surface area (Å²) in [7, 11) is 3.98. The van der Waals surface area contributed by atoms with Crippen LogP contribution in [0.3, 0.4) is 0 Å². The predicted octanol–water partition coefficient (Wildman–Crippen LogP) is 2.99. The van der Waals surface area contributed by atoms with Gasteiger partial charge >= 0.3 is 0 Å². The highest BCUT2D eigenvalue weighted by atomic mass is 16.1. The van der Waals surface area contributed by atoms with E-state index in [0.717, 1.165) is 33.9 Å². The highest BCUT2D eigenvalue weighted by Gasteiger charge is 2.15. The summed E-state index contributed by atoms with van der Waals surface area (Å²) in [5.41, 5.74) is 3.30. The van der Waals surface area contributed by atoms with Gasteiger partial charge in [0.1, 0.15) is 0 Å². The van der Waals surface area contributed by atoms with E-state index in [1.807, 2.05) is 62.3 Å². The van der Waals surface area contributed by atoms with E-state index in [1.54, 1.807) is 0 Å². The highest BCUT2D eigenvalue weighted by molar-refractivity contribution is 6.08. The molecule has 1 amide bonds. The fourth-order valence-electron chi connectivity index (χ4n) is 2.71. The van der Waals surface area contributed by atoms with Crippen LogP contribution < -0.4 is 5.32 Å². The summed E-state index contributed by atoms with van der Waals surface area (Å²) in [5, 5.41) is 5.07. The van der Waals surface area contributed by atoms with Gasteiger partial charge in [-0.15, -0.1) is 0 Å². The molecular formula is C19H21N3O. The van der Waals surface area contributed by atoms with Crippen LogP contribution in [0.25, 0.3) is 21.8 Å². The van der Waals surface area contributed by atoms with Gasteiger partial charge in [-0.3, -0.25) is 4.79 Å². The molecule has 0 fully saturated rings. The van der Waals surface area contributed by atoms with Gasteiger partial charge in [0.25, 0.3) is 5.91 Å². The van der Waals surface area contributed by atoms with Crippen LogP contribution in [0.15, 0.2) is 42.5 Å². The van der Waals surface area contributed by atoms with Gasteiger partial charge in [0.2, 0.25) is 0 Å². The number of para-hydroxylation sites is 1. The van der Waals surface area contributed by atoms with Crippen LogP contribution in [0.1, 0.15) is 15.9 Å². The van der Waals surface area contributed by atoms with Crippen LogP contribution in [-0.4, -0.2) is 43.0 Å². The number of rotatable bonds is 4. The standard InChI is InChI=1S/C19H21N3O/c1-13-8-9-15-12-14-6-4-5-7-16(14)21-18(15)17(13)19(23)20-10-11-22(2)3/h4-9,12H,10-11H2,1-3H3,(H,20,23). The molecule has 0 saturated heterocycles. The second kappa shape index (κ2) is 6.34. The van der Waals surface area contributed by atoms with Crippen molar-refractivity contribution in [3.05, 3.63) is 53.6 Å². The summed E-state index contributed by atoms with van der Waals surface area (Å²) < 4.78 is 0. The van der Waals surface area contributed by atoms with Crippen LogP contribution in [0, 0.1) is 6.92 Å². The maximum absolute atomic E-state index is 12.6. The third-order valence-corrected chi connectivity index (χ3v) is 3.97. The summed E-state index contributed by atoms with van der Waals surface area (Å²) in [5.74, 6) is -0.0577. The Morgan fingerprint density at radius 2 is 1.91 bits per heavy atom. The topological polar surface area (TPSA) is 45.2 Å². The van der Waals surface area contributed by atoms with Crippen molar-refractivity contribution in [2.75, 3.05) is 27.2 Å². The third kappa shape index (κ3) is 3.17. The van der Waals surface area contributed by atoms with Crippen LogP contribution in [0.2, 0.25) is 0 Å². The number of hydrogen-bond acceptors (Lipinski definition) is 3. The number of amides is 1. The monoisotopic (exact) mass is 307 g/mol. The van der Waals surface area contributed by atoms with Crippen molar-refractivity contribution in [2.24, 2.45) is 0 Å². The van der Waals surface area contributed by atoms with Gasteiger partial charge < -0.3 is 10.2 Å². The van der Waals surface area contributed by atoms with Gasteiger partial charge in [0, 0.05) is 23.9 Å². The van der Waals surface area contributed by atoms with Gasteiger partial charge in [-0.2, -0.15) is 0 Å². The Hall–Kier alpha value is -2.46. The minimum absolute atomic E-state index is 0.0577. The zero-order valence-electron chi connectivity index (χ0n) is 13.8. The maximum Gasteiger partial charge on any atom is 0.253 e. The molecule has 3 rings (SSSR count).